The second-order valence-electron chi connectivity index (χ2n) is 4.47. The summed E-state index contributed by atoms with van der Waals surface area (Å²) in [5.41, 5.74) is 0.804. The first-order chi connectivity index (χ1) is 10.0. The van der Waals surface area contributed by atoms with Crippen LogP contribution < -0.4 is 5.32 Å². The van der Waals surface area contributed by atoms with E-state index in [1.165, 1.54) is 12.1 Å². The topological polar surface area (TPSA) is 66.4 Å². The molecule has 0 heterocycles. The summed E-state index contributed by atoms with van der Waals surface area (Å²) in [4.78, 5) is 23.1. The average molecular weight is 287 g/mol. The number of anilines is 1. The SMILES string of the molecule is CCc1ccc(C(=O)Nc2c(F)cccc2C(=O)O)cc1. The van der Waals surface area contributed by atoms with Crippen molar-refractivity contribution in [2.45, 2.75) is 13.3 Å². The summed E-state index contributed by atoms with van der Waals surface area (Å²) in [6.07, 6.45) is 0.846. The Balaban J connectivity index is 2.29. The van der Waals surface area contributed by atoms with Crippen LogP contribution in [-0.4, -0.2) is 17.0 Å². The molecule has 0 saturated heterocycles. The number of rotatable bonds is 4. The summed E-state index contributed by atoms with van der Waals surface area (Å²) in [5, 5.41) is 11.3. The van der Waals surface area contributed by atoms with Gasteiger partial charge in [0.15, 0.2) is 0 Å². The first-order valence-electron chi connectivity index (χ1n) is 6.45. The van der Waals surface area contributed by atoms with Gasteiger partial charge in [0, 0.05) is 5.56 Å². The minimum atomic E-state index is -1.30. The Hall–Kier alpha value is -2.69. The van der Waals surface area contributed by atoms with Crippen LogP contribution in [0.15, 0.2) is 42.5 Å². The molecule has 2 N–H and O–H groups in total. The van der Waals surface area contributed by atoms with Gasteiger partial charge in [-0.2, -0.15) is 0 Å². The van der Waals surface area contributed by atoms with Crippen LogP contribution in [-0.2, 0) is 6.42 Å². The molecule has 21 heavy (non-hydrogen) atoms. The minimum absolute atomic E-state index is 0.284. The first kappa shape index (κ1) is 14.7. The molecule has 2 rings (SSSR count). The number of nitrogens with one attached hydrogen (secondary N) is 1. The van der Waals surface area contributed by atoms with Crippen LogP contribution in [0.25, 0.3) is 0 Å². The molecule has 0 saturated carbocycles. The van der Waals surface area contributed by atoms with E-state index < -0.39 is 17.7 Å². The molecule has 1 amide bonds. The zero-order valence-corrected chi connectivity index (χ0v) is 11.4. The van der Waals surface area contributed by atoms with E-state index in [0.717, 1.165) is 18.1 Å². The van der Waals surface area contributed by atoms with Gasteiger partial charge in [0.2, 0.25) is 0 Å². The third-order valence-electron chi connectivity index (χ3n) is 3.11. The Kier molecular flexibility index (Phi) is 4.33. The molecule has 0 aliphatic carbocycles. The Labute approximate surface area is 121 Å². The predicted octanol–water partition coefficient (Wildman–Crippen LogP) is 3.34. The second-order valence-corrected chi connectivity index (χ2v) is 4.47. The summed E-state index contributed by atoms with van der Waals surface area (Å²) < 4.78 is 13.7. The lowest BCUT2D eigenvalue weighted by atomic mass is 10.1. The standard InChI is InChI=1S/C16H14FNO3/c1-2-10-6-8-11(9-7-10)15(19)18-14-12(16(20)21)4-3-5-13(14)17/h3-9H,2H2,1H3,(H,18,19)(H,20,21). The van der Waals surface area contributed by atoms with Gasteiger partial charge in [0.05, 0.1) is 11.3 Å². The lowest BCUT2D eigenvalue weighted by Crippen LogP contribution is -2.16. The molecule has 0 aliphatic heterocycles. The van der Waals surface area contributed by atoms with Gasteiger partial charge in [-0.3, -0.25) is 4.79 Å². The highest BCUT2D eigenvalue weighted by atomic mass is 19.1. The number of para-hydroxylation sites is 1. The third kappa shape index (κ3) is 3.25. The highest BCUT2D eigenvalue weighted by molar-refractivity contribution is 6.07. The number of hydrogen-bond donors (Lipinski definition) is 2. The number of carbonyl (C=O) groups excluding carboxylic acids is 1. The average Bonchev–Trinajstić information content (AvgIpc) is 2.49. The summed E-state index contributed by atoms with van der Waals surface area (Å²) >= 11 is 0. The van der Waals surface area contributed by atoms with Gasteiger partial charge in [-0.25, -0.2) is 9.18 Å². The van der Waals surface area contributed by atoms with E-state index in [4.69, 9.17) is 5.11 Å². The van der Waals surface area contributed by atoms with Crippen molar-refractivity contribution in [1.82, 2.24) is 0 Å². The fourth-order valence-corrected chi connectivity index (χ4v) is 1.91. The maximum absolute atomic E-state index is 13.7. The van der Waals surface area contributed by atoms with Gasteiger partial charge in [-0.05, 0) is 36.2 Å². The number of halogens is 1. The molecule has 0 bridgehead atoms. The maximum Gasteiger partial charge on any atom is 0.337 e. The molecule has 5 heteroatoms. The Morgan fingerprint density at radius 1 is 1.14 bits per heavy atom. The lowest BCUT2D eigenvalue weighted by molar-refractivity contribution is 0.0697. The second kappa shape index (κ2) is 6.17. The number of hydrogen-bond acceptors (Lipinski definition) is 2. The van der Waals surface area contributed by atoms with E-state index in [2.05, 4.69) is 5.32 Å². The van der Waals surface area contributed by atoms with Crippen LogP contribution in [0.5, 0.6) is 0 Å². The molecule has 108 valence electrons. The van der Waals surface area contributed by atoms with Gasteiger partial charge >= 0.3 is 5.97 Å². The highest BCUT2D eigenvalue weighted by Gasteiger charge is 2.17. The summed E-state index contributed by atoms with van der Waals surface area (Å²) in [6, 6.07) is 10.5. The van der Waals surface area contributed by atoms with E-state index >= 15 is 0 Å². The highest BCUT2D eigenvalue weighted by Crippen LogP contribution is 2.21. The Bertz CT molecular complexity index is 680. The van der Waals surface area contributed by atoms with E-state index in [1.54, 1.807) is 24.3 Å². The van der Waals surface area contributed by atoms with Crippen molar-refractivity contribution < 1.29 is 19.1 Å². The normalized spacial score (nSPS) is 10.2. The van der Waals surface area contributed by atoms with Crippen LogP contribution in [0.4, 0.5) is 10.1 Å². The van der Waals surface area contributed by atoms with Gasteiger partial charge < -0.3 is 10.4 Å². The number of carboxylic acid groups (broad SMARTS) is 1. The maximum atomic E-state index is 13.7. The zero-order valence-electron chi connectivity index (χ0n) is 11.4. The smallest absolute Gasteiger partial charge is 0.337 e. The zero-order chi connectivity index (χ0) is 15.4. The van der Waals surface area contributed by atoms with Crippen LogP contribution >= 0.6 is 0 Å². The molecule has 0 radical (unpaired) electrons. The Morgan fingerprint density at radius 3 is 2.38 bits per heavy atom. The van der Waals surface area contributed by atoms with Crippen LogP contribution in [0, 0.1) is 5.82 Å². The number of carbonyl (C=O) groups is 2. The molecular weight excluding hydrogens is 273 g/mol. The van der Waals surface area contributed by atoms with Crippen molar-refractivity contribution in [3.8, 4) is 0 Å². The minimum Gasteiger partial charge on any atom is -0.478 e. The summed E-state index contributed by atoms with van der Waals surface area (Å²) in [6.45, 7) is 1.99. The van der Waals surface area contributed by atoms with E-state index in [-0.39, 0.29) is 11.3 Å². The molecule has 4 nitrogen and oxygen atoms in total. The van der Waals surface area contributed by atoms with Gasteiger partial charge in [-0.15, -0.1) is 0 Å². The largest absolute Gasteiger partial charge is 0.478 e. The van der Waals surface area contributed by atoms with Crippen molar-refractivity contribution in [3.05, 3.63) is 65.0 Å². The summed E-state index contributed by atoms with van der Waals surface area (Å²) in [7, 11) is 0. The molecule has 0 unspecified atom stereocenters. The van der Waals surface area contributed by atoms with Crippen molar-refractivity contribution in [2.24, 2.45) is 0 Å². The molecule has 0 fully saturated rings. The van der Waals surface area contributed by atoms with Crippen molar-refractivity contribution >= 4 is 17.6 Å². The van der Waals surface area contributed by atoms with Crippen LogP contribution in [0.2, 0.25) is 0 Å². The number of amides is 1. The van der Waals surface area contributed by atoms with Gasteiger partial charge in [-0.1, -0.05) is 25.1 Å². The predicted molar refractivity (Wildman–Crippen MR) is 77.1 cm³/mol. The van der Waals surface area contributed by atoms with Crippen molar-refractivity contribution in [2.75, 3.05) is 5.32 Å². The van der Waals surface area contributed by atoms with Crippen LogP contribution in [0.1, 0.15) is 33.2 Å². The Morgan fingerprint density at radius 2 is 1.81 bits per heavy atom. The number of carboxylic acids is 1. The number of aromatic carboxylic acids is 1. The molecule has 0 spiro atoms. The molecule has 0 aliphatic rings. The lowest BCUT2D eigenvalue weighted by Gasteiger charge is -2.09. The van der Waals surface area contributed by atoms with Crippen LogP contribution in [0.3, 0.4) is 0 Å². The third-order valence-corrected chi connectivity index (χ3v) is 3.11. The number of aryl methyl sites for hydroxylation is 1. The monoisotopic (exact) mass is 287 g/mol. The molecule has 0 aromatic heterocycles. The fourth-order valence-electron chi connectivity index (χ4n) is 1.91. The van der Waals surface area contributed by atoms with Crippen molar-refractivity contribution in [1.29, 1.82) is 0 Å². The quantitative estimate of drug-likeness (QED) is 0.906. The van der Waals surface area contributed by atoms with Crippen molar-refractivity contribution in [3.63, 3.8) is 0 Å². The first-order valence-corrected chi connectivity index (χ1v) is 6.45. The van der Waals surface area contributed by atoms with E-state index in [0.29, 0.717) is 5.56 Å². The van der Waals surface area contributed by atoms with Gasteiger partial charge in [0.1, 0.15) is 5.82 Å². The molecule has 0 atom stereocenters. The summed E-state index contributed by atoms with van der Waals surface area (Å²) in [5.74, 6) is -2.63. The van der Waals surface area contributed by atoms with E-state index in [9.17, 15) is 14.0 Å². The number of benzene rings is 2. The molecular formula is C16H14FNO3. The molecule has 2 aromatic rings. The fraction of sp³-hybridized carbons (Fsp3) is 0.125. The van der Waals surface area contributed by atoms with E-state index in [1.807, 2.05) is 6.92 Å². The van der Waals surface area contributed by atoms with Gasteiger partial charge in [0.25, 0.3) is 5.91 Å². The molecule has 2 aromatic carbocycles.